The second-order valence-electron chi connectivity index (χ2n) is 7.84. The van der Waals surface area contributed by atoms with Crippen molar-refractivity contribution in [2.75, 3.05) is 0 Å². The first-order valence-corrected chi connectivity index (χ1v) is 10.8. The third-order valence-electron chi connectivity index (χ3n) is 5.73. The molecule has 0 atom stereocenters. The van der Waals surface area contributed by atoms with Gasteiger partial charge in [0.05, 0.1) is 30.0 Å². The van der Waals surface area contributed by atoms with Gasteiger partial charge in [-0.15, -0.1) is 0 Å². The van der Waals surface area contributed by atoms with E-state index in [0.717, 1.165) is 33.5 Å². The van der Waals surface area contributed by atoms with Gasteiger partial charge >= 0.3 is 0 Å². The molecule has 0 unspecified atom stereocenters. The number of fused-ring (bicyclic) bond motifs is 1. The number of amides is 2. The fourth-order valence-corrected chi connectivity index (χ4v) is 4.13. The van der Waals surface area contributed by atoms with Crippen molar-refractivity contribution >= 4 is 23.4 Å². The Bertz CT molecular complexity index is 1330. The summed E-state index contributed by atoms with van der Waals surface area (Å²) in [7, 11) is 0. The Labute approximate surface area is 195 Å². The number of carbonyl (C=O) groups excluding carboxylic acids is 2. The highest BCUT2D eigenvalue weighted by atomic mass is 35.5. The van der Waals surface area contributed by atoms with E-state index in [1.165, 1.54) is 4.90 Å². The molecule has 0 saturated carbocycles. The van der Waals surface area contributed by atoms with E-state index in [1.54, 1.807) is 30.5 Å². The zero-order valence-electron chi connectivity index (χ0n) is 17.5. The van der Waals surface area contributed by atoms with Gasteiger partial charge in [-0.2, -0.15) is 0 Å². The van der Waals surface area contributed by atoms with Gasteiger partial charge in [0.15, 0.2) is 0 Å². The molecule has 1 N–H and O–H groups in total. The maximum atomic E-state index is 12.8. The molecule has 3 aromatic carbocycles. The van der Waals surface area contributed by atoms with Crippen molar-refractivity contribution in [3.05, 3.63) is 112 Å². The van der Waals surface area contributed by atoms with Gasteiger partial charge in [0.25, 0.3) is 11.8 Å². The number of aromatic nitrogens is 1. The average Bonchev–Trinajstić information content (AvgIpc) is 3.09. The monoisotopic (exact) mass is 454 g/mol. The van der Waals surface area contributed by atoms with Crippen LogP contribution < -0.4 is 0 Å². The lowest BCUT2D eigenvalue weighted by Gasteiger charge is -2.16. The number of pyridine rings is 1. The third-order valence-corrected chi connectivity index (χ3v) is 5.98. The van der Waals surface area contributed by atoms with Crippen molar-refractivity contribution < 1.29 is 14.7 Å². The number of rotatable bonds is 5. The van der Waals surface area contributed by atoms with Gasteiger partial charge in [-0.25, -0.2) is 0 Å². The normalized spacial score (nSPS) is 12.8. The molecule has 0 saturated heterocycles. The van der Waals surface area contributed by atoms with Gasteiger partial charge in [-0.1, -0.05) is 60.1 Å². The third kappa shape index (κ3) is 3.93. The molecule has 162 valence electrons. The Morgan fingerprint density at radius 3 is 1.97 bits per heavy atom. The Morgan fingerprint density at radius 1 is 0.758 bits per heavy atom. The molecular weight excluding hydrogens is 436 g/mol. The number of carbonyl (C=O) groups is 2. The van der Waals surface area contributed by atoms with E-state index in [0.29, 0.717) is 16.1 Å². The van der Waals surface area contributed by atoms with Gasteiger partial charge in [-0.05, 0) is 47.0 Å². The summed E-state index contributed by atoms with van der Waals surface area (Å²) in [5, 5.41) is 9.98. The lowest BCUT2D eigenvalue weighted by Crippen LogP contribution is -2.29. The van der Waals surface area contributed by atoms with Crippen LogP contribution in [0.25, 0.3) is 22.4 Å². The van der Waals surface area contributed by atoms with Gasteiger partial charge in [0.2, 0.25) is 0 Å². The molecule has 6 heteroatoms. The number of benzene rings is 3. The molecule has 5 rings (SSSR count). The molecule has 1 aliphatic heterocycles. The molecule has 5 nitrogen and oxygen atoms in total. The summed E-state index contributed by atoms with van der Waals surface area (Å²) < 4.78 is 0. The van der Waals surface area contributed by atoms with Crippen LogP contribution in [0.15, 0.2) is 85.1 Å². The molecule has 0 bridgehead atoms. The van der Waals surface area contributed by atoms with Crippen molar-refractivity contribution in [3.63, 3.8) is 0 Å². The summed E-state index contributed by atoms with van der Waals surface area (Å²) >= 11 is 6.09. The number of hydrogen-bond acceptors (Lipinski definition) is 4. The van der Waals surface area contributed by atoms with Crippen LogP contribution in [-0.2, 0) is 13.2 Å². The second-order valence-corrected chi connectivity index (χ2v) is 8.28. The fourth-order valence-electron chi connectivity index (χ4n) is 4.01. The van der Waals surface area contributed by atoms with E-state index >= 15 is 0 Å². The van der Waals surface area contributed by atoms with Crippen LogP contribution in [-0.4, -0.2) is 26.8 Å². The number of imide groups is 1. The zero-order chi connectivity index (χ0) is 22.9. The lowest BCUT2D eigenvalue weighted by molar-refractivity contribution is 0.0642. The summed E-state index contributed by atoms with van der Waals surface area (Å²) in [6.45, 7) is 0.0979. The summed E-state index contributed by atoms with van der Waals surface area (Å²) in [5.74, 6) is -0.598. The highest BCUT2D eigenvalue weighted by molar-refractivity contribution is 6.30. The molecule has 0 radical (unpaired) electrons. The summed E-state index contributed by atoms with van der Waals surface area (Å²) in [5.41, 5.74) is 5.83. The molecule has 2 heterocycles. The molecule has 33 heavy (non-hydrogen) atoms. The minimum absolute atomic E-state index is 0.0308. The van der Waals surface area contributed by atoms with E-state index < -0.39 is 0 Å². The topological polar surface area (TPSA) is 70.5 Å². The van der Waals surface area contributed by atoms with Crippen LogP contribution in [0, 0.1) is 0 Å². The number of halogens is 1. The Hall–Kier alpha value is -3.80. The quantitative estimate of drug-likeness (QED) is 0.412. The maximum absolute atomic E-state index is 12.8. The summed E-state index contributed by atoms with van der Waals surface area (Å²) in [6, 6.07) is 23.8. The predicted molar refractivity (Wildman–Crippen MR) is 127 cm³/mol. The van der Waals surface area contributed by atoms with Gasteiger partial charge in [0, 0.05) is 22.3 Å². The van der Waals surface area contributed by atoms with E-state index in [4.69, 9.17) is 16.6 Å². The van der Waals surface area contributed by atoms with Crippen LogP contribution in [0.3, 0.4) is 0 Å². The van der Waals surface area contributed by atoms with Gasteiger partial charge in [-0.3, -0.25) is 19.5 Å². The molecule has 2 amide bonds. The van der Waals surface area contributed by atoms with E-state index in [9.17, 15) is 14.7 Å². The molecule has 1 aliphatic rings. The van der Waals surface area contributed by atoms with E-state index in [-0.39, 0.29) is 25.0 Å². The van der Waals surface area contributed by atoms with Crippen molar-refractivity contribution in [2.24, 2.45) is 0 Å². The van der Waals surface area contributed by atoms with Gasteiger partial charge < -0.3 is 5.11 Å². The molecule has 0 aliphatic carbocycles. The lowest BCUT2D eigenvalue weighted by atomic mass is 9.97. The van der Waals surface area contributed by atoms with Crippen molar-refractivity contribution in [2.45, 2.75) is 13.2 Å². The number of aliphatic hydroxyl groups excluding tert-OH is 1. The second kappa shape index (κ2) is 8.62. The minimum atomic E-state index is -0.299. The van der Waals surface area contributed by atoms with Crippen LogP contribution in [0.4, 0.5) is 0 Å². The smallest absolute Gasteiger partial charge is 0.261 e. The van der Waals surface area contributed by atoms with E-state index in [2.05, 4.69) is 0 Å². The Kier molecular flexibility index (Phi) is 5.50. The number of hydrogen-bond donors (Lipinski definition) is 1. The zero-order valence-corrected chi connectivity index (χ0v) is 18.3. The highest BCUT2D eigenvalue weighted by Crippen LogP contribution is 2.33. The molecule has 4 aromatic rings. The molecular formula is C27H19ClN2O3. The first-order valence-electron chi connectivity index (χ1n) is 10.5. The molecule has 1 aromatic heterocycles. The van der Waals surface area contributed by atoms with Crippen LogP contribution in [0.1, 0.15) is 31.8 Å². The first-order chi connectivity index (χ1) is 16.0. The Balaban J connectivity index is 1.55. The van der Waals surface area contributed by atoms with Crippen molar-refractivity contribution in [1.82, 2.24) is 9.88 Å². The number of aliphatic hydroxyl groups is 1. The van der Waals surface area contributed by atoms with Crippen LogP contribution in [0.2, 0.25) is 5.02 Å². The van der Waals surface area contributed by atoms with Gasteiger partial charge in [0.1, 0.15) is 0 Å². The Morgan fingerprint density at radius 2 is 1.36 bits per heavy atom. The van der Waals surface area contributed by atoms with Crippen molar-refractivity contribution in [3.8, 4) is 22.4 Å². The minimum Gasteiger partial charge on any atom is -0.392 e. The first kappa shape index (κ1) is 21.1. The van der Waals surface area contributed by atoms with E-state index in [1.807, 2.05) is 54.6 Å². The summed E-state index contributed by atoms with van der Waals surface area (Å²) in [6.07, 6.45) is 1.69. The fraction of sp³-hybridized carbons (Fsp3) is 0.0741. The standard InChI is InChI=1S/C27H19ClN2O3/c28-21-11-9-19(10-12-21)24-13-18(14-29-25(24)20-7-5-17(16-31)6-8-20)15-30-26(32)22-3-1-2-4-23(22)27(30)33/h1-14,31H,15-16H2. The average molecular weight is 455 g/mol. The van der Waals surface area contributed by atoms with Crippen molar-refractivity contribution in [1.29, 1.82) is 0 Å². The molecule has 0 fully saturated rings. The highest BCUT2D eigenvalue weighted by Gasteiger charge is 2.35. The summed E-state index contributed by atoms with van der Waals surface area (Å²) in [4.78, 5) is 31.6. The van der Waals surface area contributed by atoms with Crippen LogP contribution >= 0.6 is 11.6 Å². The van der Waals surface area contributed by atoms with Crippen LogP contribution in [0.5, 0.6) is 0 Å². The SMILES string of the molecule is O=C1c2ccccc2C(=O)N1Cc1cnc(-c2ccc(CO)cc2)c(-c2ccc(Cl)cc2)c1. The molecule has 0 spiro atoms. The maximum Gasteiger partial charge on any atom is 0.261 e. The largest absolute Gasteiger partial charge is 0.392 e. The number of nitrogens with zero attached hydrogens (tertiary/aromatic N) is 2. The predicted octanol–water partition coefficient (Wildman–Crippen LogP) is 5.36.